The predicted molar refractivity (Wildman–Crippen MR) is 114 cm³/mol. The molecule has 144 valence electrons. The SMILES string of the molecule is CCCCCCCCCC(c1ccccc1)N(COC)C[Si](C)(C)C. The van der Waals surface area contributed by atoms with Crippen LogP contribution in [0.25, 0.3) is 0 Å². The lowest BCUT2D eigenvalue weighted by Crippen LogP contribution is -2.43. The Kier molecular flexibility index (Phi) is 11.3. The van der Waals surface area contributed by atoms with E-state index in [0.29, 0.717) is 6.04 Å². The summed E-state index contributed by atoms with van der Waals surface area (Å²) in [5.41, 5.74) is 1.45. The molecule has 0 heterocycles. The summed E-state index contributed by atoms with van der Waals surface area (Å²) in [7, 11) is 0.650. The van der Waals surface area contributed by atoms with Crippen molar-refractivity contribution in [1.29, 1.82) is 0 Å². The first kappa shape index (κ1) is 22.4. The van der Waals surface area contributed by atoms with Gasteiger partial charge in [0.25, 0.3) is 0 Å². The van der Waals surface area contributed by atoms with E-state index in [4.69, 9.17) is 4.74 Å². The van der Waals surface area contributed by atoms with E-state index in [9.17, 15) is 0 Å². The maximum Gasteiger partial charge on any atom is 0.0988 e. The first-order valence-electron chi connectivity index (χ1n) is 10.3. The van der Waals surface area contributed by atoms with E-state index in [1.54, 1.807) is 0 Å². The number of rotatable bonds is 14. The van der Waals surface area contributed by atoms with E-state index < -0.39 is 8.07 Å². The highest BCUT2D eigenvalue weighted by Crippen LogP contribution is 2.28. The summed E-state index contributed by atoms with van der Waals surface area (Å²) < 4.78 is 5.57. The molecule has 3 heteroatoms. The molecule has 1 atom stereocenters. The molecule has 1 rings (SSSR count). The minimum absolute atomic E-state index is 0.489. The molecule has 1 aromatic carbocycles. The molecule has 0 fully saturated rings. The largest absolute Gasteiger partial charge is 0.369 e. The Hall–Kier alpha value is -0.643. The molecule has 0 aromatic heterocycles. The van der Waals surface area contributed by atoms with E-state index in [1.807, 2.05) is 7.11 Å². The Morgan fingerprint density at radius 2 is 1.52 bits per heavy atom. The number of ether oxygens (including phenoxy) is 1. The van der Waals surface area contributed by atoms with Crippen LogP contribution >= 0.6 is 0 Å². The van der Waals surface area contributed by atoms with Crippen molar-refractivity contribution in [2.24, 2.45) is 0 Å². The molecular formula is C22H41NOSi. The van der Waals surface area contributed by atoms with Crippen molar-refractivity contribution in [2.75, 3.05) is 20.0 Å². The van der Waals surface area contributed by atoms with Gasteiger partial charge in [0.05, 0.1) is 14.8 Å². The molecule has 0 saturated heterocycles. The lowest BCUT2D eigenvalue weighted by Gasteiger charge is -2.35. The van der Waals surface area contributed by atoms with Crippen LogP contribution in [0.1, 0.15) is 69.9 Å². The monoisotopic (exact) mass is 363 g/mol. The molecule has 0 aliphatic carbocycles. The summed E-state index contributed by atoms with van der Waals surface area (Å²) in [6.45, 7) is 10.4. The summed E-state index contributed by atoms with van der Waals surface area (Å²) in [4.78, 5) is 2.58. The Morgan fingerprint density at radius 3 is 2.08 bits per heavy atom. The maximum absolute atomic E-state index is 5.57. The highest BCUT2D eigenvalue weighted by atomic mass is 28.3. The summed E-state index contributed by atoms with van der Waals surface area (Å²) in [6, 6.07) is 11.5. The zero-order chi connectivity index (χ0) is 18.5. The van der Waals surface area contributed by atoms with Gasteiger partial charge in [-0.15, -0.1) is 0 Å². The van der Waals surface area contributed by atoms with Gasteiger partial charge in [0.2, 0.25) is 0 Å². The molecule has 0 spiro atoms. The molecule has 0 saturated carbocycles. The van der Waals surface area contributed by atoms with Crippen molar-refractivity contribution in [3.63, 3.8) is 0 Å². The predicted octanol–water partition coefficient (Wildman–Crippen LogP) is 6.65. The van der Waals surface area contributed by atoms with Crippen LogP contribution in [0.2, 0.25) is 19.6 Å². The third-order valence-electron chi connectivity index (χ3n) is 4.68. The van der Waals surface area contributed by atoms with Gasteiger partial charge in [-0.25, -0.2) is 0 Å². The van der Waals surface area contributed by atoms with Crippen molar-refractivity contribution in [3.8, 4) is 0 Å². The first-order chi connectivity index (χ1) is 12.0. The molecule has 0 bridgehead atoms. The first-order valence-corrected chi connectivity index (χ1v) is 14.0. The lowest BCUT2D eigenvalue weighted by atomic mass is 9.98. The second-order valence-electron chi connectivity index (χ2n) is 8.56. The number of benzene rings is 1. The fraction of sp³-hybridized carbons (Fsp3) is 0.727. The van der Waals surface area contributed by atoms with Gasteiger partial charge in [-0.1, -0.05) is 102 Å². The van der Waals surface area contributed by atoms with Gasteiger partial charge >= 0.3 is 0 Å². The van der Waals surface area contributed by atoms with Gasteiger partial charge < -0.3 is 4.74 Å². The smallest absolute Gasteiger partial charge is 0.0988 e. The van der Waals surface area contributed by atoms with E-state index in [1.165, 1.54) is 63.1 Å². The van der Waals surface area contributed by atoms with Crippen molar-refractivity contribution < 1.29 is 4.74 Å². The topological polar surface area (TPSA) is 12.5 Å². The third kappa shape index (κ3) is 10.2. The Labute approximate surface area is 158 Å². The number of unbranched alkanes of at least 4 members (excludes halogenated alkanes) is 6. The molecule has 0 radical (unpaired) electrons. The van der Waals surface area contributed by atoms with Crippen molar-refractivity contribution in [1.82, 2.24) is 4.90 Å². The Bertz CT molecular complexity index is 429. The Morgan fingerprint density at radius 1 is 0.920 bits per heavy atom. The van der Waals surface area contributed by atoms with Crippen molar-refractivity contribution in [2.45, 2.75) is 84.0 Å². The molecule has 25 heavy (non-hydrogen) atoms. The number of nitrogens with zero attached hydrogens (tertiary/aromatic N) is 1. The van der Waals surface area contributed by atoms with E-state index in [2.05, 4.69) is 61.8 Å². The fourth-order valence-corrected chi connectivity index (χ4v) is 5.08. The van der Waals surface area contributed by atoms with E-state index in [-0.39, 0.29) is 0 Å². The fourth-order valence-electron chi connectivity index (χ4n) is 3.55. The molecule has 0 N–H and O–H groups in total. The number of hydrogen-bond donors (Lipinski definition) is 0. The molecule has 0 aliphatic heterocycles. The zero-order valence-corrected chi connectivity index (χ0v) is 18.4. The van der Waals surface area contributed by atoms with Crippen molar-refractivity contribution in [3.05, 3.63) is 35.9 Å². The van der Waals surface area contributed by atoms with Gasteiger partial charge in [0, 0.05) is 13.2 Å². The summed E-state index contributed by atoms with van der Waals surface area (Å²) >= 11 is 0. The zero-order valence-electron chi connectivity index (χ0n) is 17.4. The highest BCUT2D eigenvalue weighted by molar-refractivity contribution is 6.76. The standard InChI is InChI=1S/C22H41NOSi/c1-6-7-8-9-10-11-15-18-22(21-16-13-12-14-17-21)23(19-24-2)20-25(3,4)5/h12-14,16-17,22H,6-11,15,18-20H2,1-5H3. The number of hydrogen-bond acceptors (Lipinski definition) is 2. The maximum atomic E-state index is 5.57. The van der Waals surface area contributed by atoms with Crippen LogP contribution in [-0.2, 0) is 4.74 Å². The minimum Gasteiger partial charge on any atom is -0.369 e. The molecule has 0 aliphatic rings. The van der Waals surface area contributed by atoms with Crippen LogP contribution in [0.4, 0.5) is 0 Å². The molecule has 1 unspecified atom stereocenters. The van der Waals surface area contributed by atoms with Crippen LogP contribution in [-0.4, -0.2) is 33.0 Å². The van der Waals surface area contributed by atoms with Crippen LogP contribution in [0.15, 0.2) is 30.3 Å². The van der Waals surface area contributed by atoms with Crippen LogP contribution in [0.3, 0.4) is 0 Å². The third-order valence-corrected chi connectivity index (χ3v) is 6.03. The molecule has 0 amide bonds. The van der Waals surface area contributed by atoms with Gasteiger partial charge in [0.1, 0.15) is 0 Å². The lowest BCUT2D eigenvalue weighted by molar-refractivity contribution is 0.0409. The molecule has 1 aromatic rings. The average Bonchev–Trinajstić information content (AvgIpc) is 2.57. The Balaban J connectivity index is 2.65. The van der Waals surface area contributed by atoms with Crippen LogP contribution in [0, 0.1) is 0 Å². The van der Waals surface area contributed by atoms with E-state index >= 15 is 0 Å². The van der Waals surface area contributed by atoms with Crippen LogP contribution < -0.4 is 0 Å². The van der Waals surface area contributed by atoms with Gasteiger partial charge in [-0.05, 0) is 18.2 Å². The average molecular weight is 364 g/mol. The number of methoxy groups -OCH3 is 1. The van der Waals surface area contributed by atoms with E-state index in [0.717, 1.165) is 6.73 Å². The minimum atomic E-state index is -1.18. The quantitative estimate of drug-likeness (QED) is 0.208. The second-order valence-corrected chi connectivity index (χ2v) is 14.0. The summed E-state index contributed by atoms with van der Waals surface area (Å²) in [6.07, 6.45) is 12.0. The van der Waals surface area contributed by atoms with Crippen LogP contribution in [0.5, 0.6) is 0 Å². The molecule has 2 nitrogen and oxygen atoms in total. The highest BCUT2D eigenvalue weighted by Gasteiger charge is 2.25. The normalized spacial score (nSPS) is 13.4. The summed E-state index contributed by atoms with van der Waals surface area (Å²) in [5, 5.41) is 0. The second kappa shape index (κ2) is 12.7. The van der Waals surface area contributed by atoms with Gasteiger partial charge in [0.15, 0.2) is 0 Å². The van der Waals surface area contributed by atoms with Gasteiger partial charge in [-0.2, -0.15) is 0 Å². The van der Waals surface area contributed by atoms with Gasteiger partial charge in [-0.3, -0.25) is 4.90 Å². The van der Waals surface area contributed by atoms with Crippen molar-refractivity contribution >= 4 is 8.07 Å². The molecular weight excluding hydrogens is 322 g/mol. The summed E-state index contributed by atoms with van der Waals surface area (Å²) in [5.74, 6) is 0.